The van der Waals surface area contributed by atoms with Crippen molar-refractivity contribution in [3.8, 4) is 0 Å². The van der Waals surface area contributed by atoms with Crippen LogP contribution in [0.4, 0.5) is 0 Å². The fraction of sp³-hybridized carbons (Fsp3) is 0.565. The molecule has 0 unspecified atom stereocenters. The molecule has 0 bridgehead atoms. The van der Waals surface area contributed by atoms with Crippen LogP contribution in [0.1, 0.15) is 48.7 Å². The van der Waals surface area contributed by atoms with Gasteiger partial charge in [0, 0.05) is 37.6 Å². The van der Waals surface area contributed by atoms with Crippen molar-refractivity contribution in [3.05, 3.63) is 52.8 Å². The Morgan fingerprint density at radius 2 is 2.00 bits per heavy atom. The second-order valence-electron chi connectivity index (χ2n) is 7.79. The molecule has 0 radical (unpaired) electrons. The van der Waals surface area contributed by atoms with Gasteiger partial charge in [-0.05, 0) is 51.5 Å². The lowest BCUT2D eigenvalue weighted by Crippen LogP contribution is -2.38. The Morgan fingerprint density at radius 3 is 2.72 bits per heavy atom. The molecule has 0 atom stereocenters. The van der Waals surface area contributed by atoms with Crippen molar-refractivity contribution in [1.82, 2.24) is 20.4 Å². The van der Waals surface area contributed by atoms with E-state index >= 15 is 0 Å². The number of hydrogen-bond donors (Lipinski definition) is 2. The first kappa shape index (κ1) is 21.4. The van der Waals surface area contributed by atoms with E-state index in [1.165, 1.54) is 29.7 Å². The number of aryl methyl sites for hydroxylation is 1. The van der Waals surface area contributed by atoms with Crippen LogP contribution < -0.4 is 10.6 Å². The standard InChI is InChI=1S/C23H35N5O/c1-4-24-23(25-13-8-14-29-17-21-11-12-21)26-15-22-18(2)27-28(19(22)3)16-20-9-6-5-7-10-20/h5-7,9-10,21H,4,8,11-17H2,1-3H3,(H2,24,25,26). The number of nitrogens with zero attached hydrogens (tertiary/aromatic N) is 3. The lowest BCUT2D eigenvalue weighted by molar-refractivity contribution is 0.123. The van der Waals surface area contributed by atoms with Crippen LogP contribution in [0.2, 0.25) is 0 Å². The van der Waals surface area contributed by atoms with E-state index in [1.807, 2.05) is 6.07 Å². The molecule has 29 heavy (non-hydrogen) atoms. The highest BCUT2D eigenvalue weighted by molar-refractivity contribution is 5.79. The smallest absolute Gasteiger partial charge is 0.191 e. The Kier molecular flexibility index (Phi) is 8.11. The molecule has 0 amide bonds. The van der Waals surface area contributed by atoms with Crippen LogP contribution in [-0.2, 0) is 17.8 Å². The van der Waals surface area contributed by atoms with E-state index in [9.17, 15) is 0 Å². The summed E-state index contributed by atoms with van der Waals surface area (Å²) in [6.45, 7) is 11.1. The lowest BCUT2D eigenvalue weighted by Gasteiger charge is -2.11. The van der Waals surface area contributed by atoms with Gasteiger partial charge in [-0.3, -0.25) is 4.68 Å². The molecule has 1 heterocycles. The van der Waals surface area contributed by atoms with Gasteiger partial charge in [0.05, 0.1) is 18.8 Å². The zero-order valence-electron chi connectivity index (χ0n) is 18.1. The fourth-order valence-electron chi connectivity index (χ4n) is 3.29. The van der Waals surface area contributed by atoms with Gasteiger partial charge in [-0.2, -0.15) is 5.10 Å². The topological polar surface area (TPSA) is 63.5 Å². The molecule has 3 rings (SSSR count). The number of guanidine groups is 1. The molecule has 2 aromatic rings. The maximum Gasteiger partial charge on any atom is 0.191 e. The van der Waals surface area contributed by atoms with E-state index < -0.39 is 0 Å². The quantitative estimate of drug-likeness (QED) is 0.346. The van der Waals surface area contributed by atoms with Crippen LogP contribution in [0.15, 0.2) is 35.3 Å². The van der Waals surface area contributed by atoms with Crippen molar-refractivity contribution in [1.29, 1.82) is 0 Å². The largest absolute Gasteiger partial charge is 0.381 e. The monoisotopic (exact) mass is 397 g/mol. The van der Waals surface area contributed by atoms with Gasteiger partial charge in [-0.25, -0.2) is 4.99 Å². The van der Waals surface area contributed by atoms with Crippen LogP contribution in [0.5, 0.6) is 0 Å². The van der Waals surface area contributed by atoms with Gasteiger partial charge in [0.15, 0.2) is 5.96 Å². The summed E-state index contributed by atoms with van der Waals surface area (Å²) in [7, 11) is 0. The number of ether oxygens (including phenoxy) is 1. The highest BCUT2D eigenvalue weighted by atomic mass is 16.5. The third kappa shape index (κ3) is 6.89. The number of rotatable bonds is 11. The summed E-state index contributed by atoms with van der Waals surface area (Å²) in [5.74, 6) is 1.68. The van der Waals surface area contributed by atoms with Gasteiger partial charge in [-0.15, -0.1) is 0 Å². The number of aromatic nitrogens is 2. The summed E-state index contributed by atoms with van der Waals surface area (Å²) < 4.78 is 7.78. The van der Waals surface area contributed by atoms with E-state index in [0.29, 0.717) is 6.54 Å². The molecular formula is C23H35N5O. The average molecular weight is 398 g/mol. The predicted molar refractivity (Wildman–Crippen MR) is 118 cm³/mol. The third-order valence-corrected chi connectivity index (χ3v) is 5.25. The minimum atomic E-state index is 0.625. The predicted octanol–water partition coefficient (Wildman–Crippen LogP) is 3.42. The Bertz CT molecular complexity index is 780. The highest BCUT2D eigenvalue weighted by Crippen LogP contribution is 2.28. The second-order valence-corrected chi connectivity index (χ2v) is 7.79. The summed E-state index contributed by atoms with van der Waals surface area (Å²) in [6, 6.07) is 10.4. The summed E-state index contributed by atoms with van der Waals surface area (Å²) in [5, 5.41) is 11.5. The number of nitrogens with one attached hydrogen (secondary N) is 2. The lowest BCUT2D eigenvalue weighted by atomic mass is 10.2. The highest BCUT2D eigenvalue weighted by Gasteiger charge is 2.20. The van der Waals surface area contributed by atoms with Gasteiger partial charge in [-0.1, -0.05) is 30.3 Å². The van der Waals surface area contributed by atoms with Crippen LogP contribution in [0.25, 0.3) is 0 Å². The summed E-state index contributed by atoms with van der Waals surface area (Å²) in [4.78, 5) is 4.78. The zero-order valence-corrected chi connectivity index (χ0v) is 18.1. The first-order chi connectivity index (χ1) is 14.2. The first-order valence-electron chi connectivity index (χ1n) is 10.8. The van der Waals surface area contributed by atoms with Crippen LogP contribution in [0, 0.1) is 19.8 Å². The molecule has 2 N–H and O–H groups in total. The first-order valence-corrected chi connectivity index (χ1v) is 10.8. The molecule has 0 saturated heterocycles. The van der Waals surface area contributed by atoms with Gasteiger partial charge in [0.2, 0.25) is 0 Å². The normalized spacial score (nSPS) is 14.2. The third-order valence-electron chi connectivity index (χ3n) is 5.25. The van der Waals surface area contributed by atoms with Gasteiger partial charge in [0.25, 0.3) is 0 Å². The minimum Gasteiger partial charge on any atom is -0.381 e. The molecule has 1 aromatic heterocycles. The van der Waals surface area contributed by atoms with Gasteiger partial charge in [0.1, 0.15) is 0 Å². The molecule has 1 fully saturated rings. The van der Waals surface area contributed by atoms with E-state index in [2.05, 4.69) is 60.4 Å². The average Bonchev–Trinajstić information content (AvgIpc) is 3.50. The maximum absolute atomic E-state index is 5.70. The summed E-state index contributed by atoms with van der Waals surface area (Å²) in [6.07, 6.45) is 3.68. The van der Waals surface area contributed by atoms with Gasteiger partial charge >= 0.3 is 0 Å². The Labute approximate surface area is 174 Å². The maximum atomic E-state index is 5.70. The number of hydrogen-bond acceptors (Lipinski definition) is 3. The Balaban J connectivity index is 1.52. The molecule has 6 heteroatoms. The van der Waals surface area contributed by atoms with E-state index in [0.717, 1.165) is 56.8 Å². The Hall–Kier alpha value is -2.34. The molecule has 0 spiro atoms. The van der Waals surface area contributed by atoms with Crippen molar-refractivity contribution in [2.75, 3.05) is 26.3 Å². The number of aliphatic imine (C=N–C) groups is 1. The van der Waals surface area contributed by atoms with Crippen LogP contribution in [-0.4, -0.2) is 42.0 Å². The fourth-order valence-corrected chi connectivity index (χ4v) is 3.29. The van der Waals surface area contributed by atoms with Crippen molar-refractivity contribution >= 4 is 5.96 Å². The molecule has 1 saturated carbocycles. The summed E-state index contributed by atoms with van der Waals surface area (Å²) >= 11 is 0. The molecule has 158 valence electrons. The van der Waals surface area contributed by atoms with Crippen molar-refractivity contribution in [2.24, 2.45) is 10.9 Å². The molecular weight excluding hydrogens is 362 g/mol. The second kappa shape index (κ2) is 11.0. The zero-order chi connectivity index (χ0) is 20.5. The van der Waals surface area contributed by atoms with E-state index in [1.54, 1.807) is 0 Å². The minimum absolute atomic E-state index is 0.625. The Morgan fingerprint density at radius 1 is 1.21 bits per heavy atom. The number of benzene rings is 1. The molecule has 6 nitrogen and oxygen atoms in total. The van der Waals surface area contributed by atoms with E-state index in [-0.39, 0.29) is 0 Å². The molecule has 1 aliphatic rings. The van der Waals surface area contributed by atoms with Gasteiger partial charge < -0.3 is 15.4 Å². The molecule has 1 aromatic carbocycles. The summed E-state index contributed by atoms with van der Waals surface area (Å²) in [5.41, 5.74) is 4.68. The van der Waals surface area contributed by atoms with Crippen molar-refractivity contribution in [2.45, 2.75) is 53.1 Å². The van der Waals surface area contributed by atoms with Crippen molar-refractivity contribution < 1.29 is 4.74 Å². The SMILES string of the molecule is CCNC(=NCc1c(C)nn(Cc2ccccc2)c1C)NCCCOCC1CC1. The molecule has 0 aliphatic heterocycles. The van der Waals surface area contributed by atoms with Crippen LogP contribution in [0.3, 0.4) is 0 Å². The van der Waals surface area contributed by atoms with Crippen molar-refractivity contribution in [3.63, 3.8) is 0 Å². The molecule has 1 aliphatic carbocycles. The van der Waals surface area contributed by atoms with E-state index in [4.69, 9.17) is 14.8 Å². The van der Waals surface area contributed by atoms with Crippen LogP contribution >= 0.6 is 0 Å².